The number of hydrogen-bond acceptors (Lipinski definition) is 6. The molecule has 0 amide bonds. The van der Waals surface area contributed by atoms with Crippen molar-refractivity contribution in [3.8, 4) is 17.2 Å². The monoisotopic (exact) mass is 438 g/mol. The number of allylic oxidation sites excluding steroid dienone is 2. The van der Waals surface area contributed by atoms with E-state index in [4.69, 9.17) is 18.9 Å². The first-order chi connectivity index (χ1) is 15.6. The molecule has 2 aromatic carbocycles. The van der Waals surface area contributed by atoms with E-state index in [9.17, 15) is 9.59 Å². The minimum absolute atomic E-state index is 0.252. The third-order valence-corrected chi connectivity index (χ3v) is 4.65. The molecule has 0 saturated carbocycles. The number of benzene rings is 2. The number of hydrogen-bond donors (Lipinski definition) is 0. The summed E-state index contributed by atoms with van der Waals surface area (Å²) in [4.78, 5) is 23.6. The lowest BCUT2D eigenvalue weighted by Gasteiger charge is -2.11. The molecule has 0 radical (unpaired) electrons. The van der Waals surface area contributed by atoms with Gasteiger partial charge in [0.2, 0.25) is 0 Å². The fourth-order valence-electron chi connectivity index (χ4n) is 3.02. The second-order valence-corrected chi connectivity index (χ2v) is 6.90. The van der Waals surface area contributed by atoms with Gasteiger partial charge in [-0.1, -0.05) is 25.1 Å². The molecule has 0 bridgehead atoms. The van der Waals surface area contributed by atoms with Crippen LogP contribution in [0.2, 0.25) is 0 Å². The van der Waals surface area contributed by atoms with Gasteiger partial charge in [-0.15, -0.1) is 0 Å². The van der Waals surface area contributed by atoms with Gasteiger partial charge in [-0.2, -0.15) is 0 Å². The molecule has 0 fully saturated rings. The summed E-state index contributed by atoms with van der Waals surface area (Å²) in [6.45, 7) is 5.56. The Morgan fingerprint density at radius 1 is 0.812 bits per heavy atom. The lowest BCUT2D eigenvalue weighted by atomic mass is 10.0. The van der Waals surface area contributed by atoms with Gasteiger partial charge in [0.05, 0.1) is 27.4 Å². The van der Waals surface area contributed by atoms with Gasteiger partial charge in [0, 0.05) is 23.3 Å². The number of aldehydes is 2. The summed E-state index contributed by atoms with van der Waals surface area (Å²) in [5.74, 6) is 1.84. The van der Waals surface area contributed by atoms with Gasteiger partial charge in [-0.3, -0.25) is 9.59 Å². The van der Waals surface area contributed by atoms with Crippen LogP contribution in [0.3, 0.4) is 0 Å². The van der Waals surface area contributed by atoms with Crippen molar-refractivity contribution in [2.75, 3.05) is 27.4 Å². The van der Waals surface area contributed by atoms with Gasteiger partial charge < -0.3 is 18.9 Å². The first kappa shape index (κ1) is 24.9. The predicted octanol–water partition coefficient (Wildman–Crippen LogP) is 4.89. The number of ether oxygens (including phenoxy) is 4. The van der Waals surface area contributed by atoms with Gasteiger partial charge in [0.15, 0.2) is 24.1 Å². The Hall–Kier alpha value is -3.38. The largest absolute Gasteiger partial charge is 0.496 e. The van der Waals surface area contributed by atoms with Crippen LogP contribution in [-0.2, 0) is 20.9 Å². The number of carbonyl (C=O) groups excluding carboxylic acids is 2. The van der Waals surface area contributed by atoms with Crippen molar-refractivity contribution in [3.63, 3.8) is 0 Å². The zero-order valence-electron chi connectivity index (χ0n) is 19.1. The standard InChI is InChI=1S/C26H30O6/c1-5-11-32-24-10-8-20(15-26(24)30-4)13-23(17-28)22(16-27)12-19-7-9-21(18-31-6-2)25(14-19)29-3/h7-10,12-17H,5-6,11,18H2,1-4H3. The SMILES string of the molecule is CCCOc1ccc(C=C(C=O)C(C=O)=Cc2ccc(COCC)c(OC)c2)cc1OC. The smallest absolute Gasteiger partial charge is 0.161 e. The van der Waals surface area contributed by atoms with Gasteiger partial charge >= 0.3 is 0 Å². The van der Waals surface area contributed by atoms with Crippen LogP contribution in [0.5, 0.6) is 17.2 Å². The molecule has 0 N–H and O–H groups in total. The van der Waals surface area contributed by atoms with Crippen molar-refractivity contribution >= 4 is 24.7 Å². The van der Waals surface area contributed by atoms with E-state index in [0.717, 1.165) is 17.5 Å². The Kier molecular flexibility index (Phi) is 10.2. The highest BCUT2D eigenvalue weighted by molar-refractivity contribution is 6.02. The van der Waals surface area contributed by atoms with Crippen molar-refractivity contribution in [2.24, 2.45) is 0 Å². The number of methoxy groups -OCH3 is 2. The molecule has 0 aromatic heterocycles. The third-order valence-electron chi connectivity index (χ3n) is 4.65. The molecule has 2 aromatic rings. The van der Waals surface area contributed by atoms with Crippen LogP contribution < -0.4 is 14.2 Å². The quantitative estimate of drug-likeness (QED) is 0.252. The van der Waals surface area contributed by atoms with E-state index in [1.54, 1.807) is 38.5 Å². The van der Waals surface area contributed by atoms with Crippen LogP contribution in [0.15, 0.2) is 47.5 Å². The topological polar surface area (TPSA) is 71.1 Å². The number of rotatable bonds is 13. The Morgan fingerprint density at radius 3 is 1.94 bits per heavy atom. The molecular weight excluding hydrogens is 408 g/mol. The summed E-state index contributed by atoms with van der Waals surface area (Å²) >= 11 is 0. The van der Waals surface area contributed by atoms with E-state index in [0.29, 0.717) is 55.2 Å². The number of carbonyl (C=O) groups is 2. The minimum Gasteiger partial charge on any atom is -0.496 e. The summed E-state index contributed by atoms with van der Waals surface area (Å²) in [6, 6.07) is 10.9. The highest BCUT2D eigenvalue weighted by atomic mass is 16.5. The molecule has 0 spiro atoms. The van der Waals surface area contributed by atoms with Crippen molar-refractivity contribution < 1.29 is 28.5 Å². The third kappa shape index (κ3) is 6.82. The molecule has 0 aliphatic heterocycles. The van der Waals surface area contributed by atoms with E-state index < -0.39 is 0 Å². The van der Waals surface area contributed by atoms with Crippen LogP contribution in [0.4, 0.5) is 0 Å². The minimum atomic E-state index is 0.252. The average Bonchev–Trinajstić information content (AvgIpc) is 2.83. The fraction of sp³-hybridized carbons (Fsp3) is 0.308. The molecule has 170 valence electrons. The summed E-state index contributed by atoms with van der Waals surface area (Å²) < 4.78 is 21.9. The summed E-state index contributed by atoms with van der Waals surface area (Å²) in [6.07, 6.45) is 5.49. The molecule has 0 aliphatic rings. The van der Waals surface area contributed by atoms with Crippen LogP contribution in [0.1, 0.15) is 37.0 Å². The maximum Gasteiger partial charge on any atom is 0.161 e. The van der Waals surface area contributed by atoms with Crippen LogP contribution >= 0.6 is 0 Å². The van der Waals surface area contributed by atoms with Crippen molar-refractivity contribution in [3.05, 3.63) is 64.2 Å². The molecule has 2 rings (SSSR count). The molecule has 0 unspecified atom stereocenters. The summed E-state index contributed by atoms with van der Waals surface area (Å²) in [5, 5.41) is 0. The lowest BCUT2D eigenvalue weighted by Crippen LogP contribution is -1.98. The second-order valence-electron chi connectivity index (χ2n) is 6.90. The Morgan fingerprint density at radius 2 is 1.41 bits per heavy atom. The maximum absolute atomic E-state index is 11.8. The van der Waals surface area contributed by atoms with E-state index in [1.807, 2.05) is 38.1 Å². The van der Waals surface area contributed by atoms with Crippen LogP contribution in [-0.4, -0.2) is 40.0 Å². The van der Waals surface area contributed by atoms with Crippen molar-refractivity contribution in [1.29, 1.82) is 0 Å². The average molecular weight is 439 g/mol. The van der Waals surface area contributed by atoms with Gasteiger partial charge in [-0.05, 0) is 54.8 Å². The van der Waals surface area contributed by atoms with Crippen molar-refractivity contribution in [2.45, 2.75) is 26.9 Å². The Labute approximate surface area is 189 Å². The molecule has 6 heteroatoms. The Bertz CT molecular complexity index is 895. The van der Waals surface area contributed by atoms with E-state index in [1.165, 1.54) is 0 Å². The molecular formula is C26H30O6. The normalized spacial score (nSPS) is 11.8. The van der Waals surface area contributed by atoms with Crippen LogP contribution in [0.25, 0.3) is 12.2 Å². The molecule has 0 atom stereocenters. The van der Waals surface area contributed by atoms with E-state index in [-0.39, 0.29) is 11.1 Å². The van der Waals surface area contributed by atoms with Crippen molar-refractivity contribution in [1.82, 2.24) is 0 Å². The van der Waals surface area contributed by atoms with E-state index in [2.05, 4.69) is 0 Å². The second kappa shape index (κ2) is 13.1. The first-order valence-electron chi connectivity index (χ1n) is 10.5. The zero-order valence-corrected chi connectivity index (χ0v) is 19.1. The summed E-state index contributed by atoms with van der Waals surface area (Å²) in [7, 11) is 3.14. The van der Waals surface area contributed by atoms with Gasteiger partial charge in [0.1, 0.15) is 5.75 Å². The fourth-order valence-corrected chi connectivity index (χ4v) is 3.02. The van der Waals surface area contributed by atoms with Crippen LogP contribution in [0, 0.1) is 0 Å². The highest BCUT2D eigenvalue weighted by Crippen LogP contribution is 2.30. The molecule has 0 heterocycles. The first-order valence-corrected chi connectivity index (χ1v) is 10.5. The lowest BCUT2D eigenvalue weighted by molar-refractivity contribution is -0.107. The highest BCUT2D eigenvalue weighted by Gasteiger charge is 2.09. The van der Waals surface area contributed by atoms with E-state index >= 15 is 0 Å². The molecule has 32 heavy (non-hydrogen) atoms. The predicted molar refractivity (Wildman–Crippen MR) is 125 cm³/mol. The van der Waals surface area contributed by atoms with Gasteiger partial charge in [-0.25, -0.2) is 0 Å². The molecule has 6 nitrogen and oxygen atoms in total. The maximum atomic E-state index is 11.8. The van der Waals surface area contributed by atoms with Gasteiger partial charge in [0.25, 0.3) is 0 Å². The molecule has 0 aliphatic carbocycles. The zero-order chi connectivity index (χ0) is 23.3. The Balaban J connectivity index is 2.37. The summed E-state index contributed by atoms with van der Waals surface area (Å²) in [5.41, 5.74) is 2.86. The molecule has 0 saturated heterocycles.